The Morgan fingerprint density at radius 2 is 2.20 bits per heavy atom. The maximum Gasteiger partial charge on any atom is 0.161 e. The minimum absolute atomic E-state index is 0.274. The molecule has 0 saturated carbocycles. The Morgan fingerprint density at radius 1 is 1.47 bits per heavy atom. The van der Waals surface area contributed by atoms with Crippen molar-refractivity contribution in [2.24, 2.45) is 0 Å². The molecule has 2 unspecified atom stereocenters. The Bertz CT molecular complexity index is 381. The fourth-order valence-electron chi connectivity index (χ4n) is 1.48. The Kier molecular flexibility index (Phi) is 2.79. The number of para-hydroxylation sites is 2. The Balaban J connectivity index is 2.09. The third-order valence-electron chi connectivity index (χ3n) is 2.29. The molecule has 0 saturated heterocycles. The fourth-order valence-corrected chi connectivity index (χ4v) is 1.48. The number of hydrogen-bond acceptors (Lipinski definition) is 3. The SMILES string of the molecule is C#CCC(O)C1COc2ccccc2O1. The number of aliphatic hydroxyl groups is 1. The molecule has 1 aliphatic heterocycles. The molecule has 1 aliphatic rings. The molecule has 0 spiro atoms. The van der Waals surface area contributed by atoms with Crippen molar-refractivity contribution < 1.29 is 14.6 Å². The van der Waals surface area contributed by atoms with Crippen LogP contribution in [0.25, 0.3) is 0 Å². The summed E-state index contributed by atoms with van der Waals surface area (Å²) < 4.78 is 11.0. The summed E-state index contributed by atoms with van der Waals surface area (Å²) in [7, 11) is 0. The van der Waals surface area contributed by atoms with E-state index >= 15 is 0 Å². The average Bonchev–Trinajstić information content (AvgIpc) is 2.29. The van der Waals surface area contributed by atoms with E-state index < -0.39 is 6.10 Å². The second kappa shape index (κ2) is 4.24. The van der Waals surface area contributed by atoms with Crippen LogP contribution in [0.4, 0.5) is 0 Å². The van der Waals surface area contributed by atoms with Crippen LogP contribution in [0.15, 0.2) is 24.3 Å². The molecule has 0 fully saturated rings. The van der Waals surface area contributed by atoms with E-state index in [-0.39, 0.29) is 12.5 Å². The quantitative estimate of drug-likeness (QED) is 0.736. The van der Waals surface area contributed by atoms with Crippen molar-refractivity contribution in [1.82, 2.24) is 0 Å². The van der Waals surface area contributed by atoms with Gasteiger partial charge >= 0.3 is 0 Å². The van der Waals surface area contributed by atoms with E-state index in [0.717, 1.165) is 0 Å². The zero-order valence-corrected chi connectivity index (χ0v) is 8.22. The van der Waals surface area contributed by atoms with Gasteiger partial charge in [0, 0.05) is 6.42 Å². The topological polar surface area (TPSA) is 38.7 Å². The number of ether oxygens (including phenoxy) is 2. The van der Waals surface area contributed by atoms with Gasteiger partial charge in [-0.15, -0.1) is 12.3 Å². The molecular weight excluding hydrogens is 192 g/mol. The lowest BCUT2D eigenvalue weighted by Crippen LogP contribution is -2.39. The van der Waals surface area contributed by atoms with Gasteiger partial charge in [0.2, 0.25) is 0 Å². The minimum Gasteiger partial charge on any atom is -0.486 e. The monoisotopic (exact) mass is 204 g/mol. The van der Waals surface area contributed by atoms with Gasteiger partial charge < -0.3 is 14.6 Å². The molecule has 2 atom stereocenters. The van der Waals surface area contributed by atoms with Gasteiger partial charge in [0.1, 0.15) is 12.7 Å². The second-order valence-corrected chi connectivity index (χ2v) is 3.39. The summed E-state index contributed by atoms with van der Waals surface area (Å²) in [5.74, 6) is 3.77. The summed E-state index contributed by atoms with van der Waals surface area (Å²) >= 11 is 0. The smallest absolute Gasteiger partial charge is 0.161 e. The fraction of sp³-hybridized carbons (Fsp3) is 0.333. The van der Waals surface area contributed by atoms with Crippen LogP contribution in [0.5, 0.6) is 11.5 Å². The van der Waals surface area contributed by atoms with Crippen LogP contribution in [0.2, 0.25) is 0 Å². The summed E-state index contributed by atoms with van der Waals surface area (Å²) in [5, 5.41) is 9.65. The first-order chi connectivity index (χ1) is 7.31. The summed E-state index contributed by atoms with van der Waals surface area (Å²) in [6.07, 6.45) is 4.34. The lowest BCUT2D eigenvalue weighted by Gasteiger charge is -2.28. The molecule has 15 heavy (non-hydrogen) atoms. The van der Waals surface area contributed by atoms with Crippen molar-refractivity contribution in [1.29, 1.82) is 0 Å². The van der Waals surface area contributed by atoms with Crippen LogP contribution in [0, 0.1) is 12.3 Å². The van der Waals surface area contributed by atoms with Crippen molar-refractivity contribution in [2.75, 3.05) is 6.61 Å². The van der Waals surface area contributed by atoms with E-state index in [9.17, 15) is 5.11 Å². The molecule has 0 radical (unpaired) electrons. The Labute approximate surface area is 88.6 Å². The number of rotatable bonds is 2. The van der Waals surface area contributed by atoms with Crippen molar-refractivity contribution >= 4 is 0 Å². The van der Waals surface area contributed by atoms with Gasteiger partial charge in [-0.25, -0.2) is 0 Å². The highest BCUT2D eigenvalue weighted by Crippen LogP contribution is 2.31. The molecule has 0 aliphatic carbocycles. The highest BCUT2D eigenvalue weighted by Gasteiger charge is 2.26. The van der Waals surface area contributed by atoms with Gasteiger partial charge in [-0.1, -0.05) is 12.1 Å². The van der Waals surface area contributed by atoms with E-state index in [0.29, 0.717) is 18.1 Å². The maximum atomic E-state index is 9.65. The predicted octanol–water partition coefficient (Wildman–Crippen LogP) is 1.21. The van der Waals surface area contributed by atoms with Crippen molar-refractivity contribution in [2.45, 2.75) is 18.6 Å². The van der Waals surface area contributed by atoms with Gasteiger partial charge in [-0.05, 0) is 12.1 Å². The van der Waals surface area contributed by atoms with Crippen molar-refractivity contribution in [3.63, 3.8) is 0 Å². The van der Waals surface area contributed by atoms with E-state index in [4.69, 9.17) is 15.9 Å². The number of benzene rings is 1. The van der Waals surface area contributed by atoms with Crippen LogP contribution in [-0.2, 0) is 0 Å². The summed E-state index contributed by atoms with van der Waals surface area (Å²) in [6.45, 7) is 0.333. The zero-order valence-electron chi connectivity index (χ0n) is 8.22. The summed E-state index contributed by atoms with van der Waals surface area (Å²) in [4.78, 5) is 0. The number of aliphatic hydroxyl groups excluding tert-OH is 1. The normalized spacial score (nSPS) is 20.4. The van der Waals surface area contributed by atoms with Crippen molar-refractivity contribution in [3.05, 3.63) is 24.3 Å². The highest BCUT2D eigenvalue weighted by atomic mass is 16.6. The molecule has 3 nitrogen and oxygen atoms in total. The molecule has 2 rings (SSSR count). The lowest BCUT2D eigenvalue weighted by molar-refractivity contribution is -0.00721. The van der Waals surface area contributed by atoms with E-state index in [1.807, 2.05) is 24.3 Å². The zero-order chi connectivity index (χ0) is 10.7. The Morgan fingerprint density at radius 3 is 2.93 bits per heavy atom. The van der Waals surface area contributed by atoms with Crippen molar-refractivity contribution in [3.8, 4) is 23.8 Å². The summed E-state index contributed by atoms with van der Waals surface area (Å²) in [6, 6.07) is 7.38. The molecule has 1 N–H and O–H groups in total. The maximum absolute atomic E-state index is 9.65. The molecule has 1 aromatic rings. The largest absolute Gasteiger partial charge is 0.486 e. The second-order valence-electron chi connectivity index (χ2n) is 3.39. The standard InChI is InChI=1S/C12H12O3/c1-2-5-9(13)12-8-14-10-6-3-4-7-11(10)15-12/h1,3-4,6-7,9,12-13H,5,8H2. The van der Waals surface area contributed by atoms with Crippen LogP contribution in [-0.4, -0.2) is 23.9 Å². The van der Waals surface area contributed by atoms with Gasteiger partial charge in [-0.2, -0.15) is 0 Å². The van der Waals surface area contributed by atoms with Gasteiger partial charge in [-0.3, -0.25) is 0 Å². The molecule has 78 valence electrons. The molecule has 0 bridgehead atoms. The van der Waals surface area contributed by atoms with Gasteiger partial charge in [0.05, 0.1) is 0 Å². The van der Waals surface area contributed by atoms with Crippen LogP contribution < -0.4 is 9.47 Å². The van der Waals surface area contributed by atoms with Crippen LogP contribution in [0.3, 0.4) is 0 Å². The van der Waals surface area contributed by atoms with E-state index in [1.54, 1.807) is 0 Å². The van der Waals surface area contributed by atoms with E-state index in [2.05, 4.69) is 5.92 Å². The number of fused-ring (bicyclic) bond motifs is 1. The molecule has 0 amide bonds. The predicted molar refractivity (Wildman–Crippen MR) is 55.8 cm³/mol. The third-order valence-corrected chi connectivity index (χ3v) is 2.29. The molecule has 1 heterocycles. The molecular formula is C12H12O3. The van der Waals surface area contributed by atoms with Crippen LogP contribution in [0.1, 0.15) is 6.42 Å². The molecule has 0 aromatic heterocycles. The first-order valence-electron chi connectivity index (χ1n) is 4.81. The molecule has 3 heteroatoms. The minimum atomic E-state index is -0.677. The number of hydrogen-bond donors (Lipinski definition) is 1. The lowest BCUT2D eigenvalue weighted by atomic mass is 10.1. The summed E-state index contributed by atoms with van der Waals surface area (Å²) in [5.41, 5.74) is 0. The first kappa shape index (κ1) is 9.88. The molecule has 1 aromatic carbocycles. The van der Waals surface area contributed by atoms with E-state index in [1.165, 1.54) is 0 Å². The number of terminal acetylenes is 1. The van der Waals surface area contributed by atoms with Crippen LogP contribution >= 0.6 is 0 Å². The Hall–Kier alpha value is -1.66. The average molecular weight is 204 g/mol. The highest BCUT2D eigenvalue weighted by molar-refractivity contribution is 5.40. The first-order valence-corrected chi connectivity index (χ1v) is 4.81. The van der Waals surface area contributed by atoms with Gasteiger partial charge in [0.15, 0.2) is 17.6 Å². The third kappa shape index (κ3) is 2.05. The van der Waals surface area contributed by atoms with Gasteiger partial charge in [0.25, 0.3) is 0 Å².